The molecule has 2 fully saturated rings. The Hall–Kier alpha value is -1.10. The Morgan fingerprint density at radius 1 is 1.32 bits per heavy atom. The van der Waals surface area contributed by atoms with Gasteiger partial charge in [-0.05, 0) is 43.9 Å². The Balaban J connectivity index is 1.75. The van der Waals surface area contributed by atoms with E-state index in [-0.39, 0.29) is 18.4 Å². The van der Waals surface area contributed by atoms with Crippen LogP contribution in [0.4, 0.5) is 0 Å². The smallest absolute Gasteiger partial charge is 0.303 e. The van der Waals surface area contributed by atoms with E-state index in [1.807, 2.05) is 4.90 Å². The zero-order chi connectivity index (χ0) is 13.8. The van der Waals surface area contributed by atoms with Crippen LogP contribution in [-0.2, 0) is 9.59 Å². The summed E-state index contributed by atoms with van der Waals surface area (Å²) in [6.07, 6.45) is 5.67. The zero-order valence-corrected chi connectivity index (χ0v) is 11.4. The average molecular weight is 268 g/mol. The molecule has 1 aliphatic carbocycles. The number of likely N-dealkylation sites (tertiary alicyclic amines) is 1. The van der Waals surface area contributed by atoms with Gasteiger partial charge in [0.15, 0.2) is 0 Å². The van der Waals surface area contributed by atoms with Crippen molar-refractivity contribution in [2.24, 2.45) is 17.6 Å². The Bertz CT molecular complexity index is 342. The molecule has 0 aromatic rings. The molecule has 2 unspecified atom stereocenters. The number of rotatable bonds is 6. The predicted octanol–water partition coefficient (Wildman–Crippen LogP) is 1.22. The van der Waals surface area contributed by atoms with Gasteiger partial charge in [0, 0.05) is 32.0 Å². The molecule has 5 heteroatoms. The number of amides is 1. The lowest BCUT2D eigenvalue weighted by Gasteiger charge is -2.33. The molecule has 108 valence electrons. The molecule has 2 rings (SSSR count). The number of hydrogen-bond acceptors (Lipinski definition) is 3. The number of nitrogens with zero attached hydrogens (tertiary/aromatic N) is 1. The maximum atomic E-state index is 12.2. The zero-order valence-electron chi connectivity index (χ0n) is 11.4. The highest BCUT2D eigenvalue weighted by molar-refractivity contribution is 5.77. The summed E-state index contributed by atoms with van der Waals surface area (Å²) in [7, 11) is 0. The third-order valence-electron chi connectivity index (χ3n) is 4.28. The molecule has 2 aliphatic rings. The van der Waals surface area contributed by atoms with E-state index in [1.165, 1.54) is 0 Å². The van der Waals surface area contributed by atoms with Crippen molar-refractivity contribution >= 4 is 11.9 Å². The van der Waals surface area contributed by atoms with Crippen LogP contribution in [0.5, 0.6) is 0 Å². The second kappa shape index (κ2) is 6.37. The summed E-state index contributed by atoms with van der Waals surface area (Å²) < 4.78 is 0. The maximum Gasteiger partial charge on any atom is 0.303 e. The predicted molar refractivity (Wildman–Crippen MR) is 71.5 cm³/mol. The quantitative estimate of drug-likeness (QED) is 0.758. The Morgan fingerprint density at radius 2 is 2.05 bits per heavy atom. The number of nitrogens with two attached hydrogens (primary N) is 1. The van der Waals surface area contributed by atoms with E-state index in [2.05, 4.69) is 0 Å². The van der Waals surface area contributed by atoms with Gasteiger partial charge in [0.05, 0.1) is 0 Å². The minimum absolute atomic E-state index is 0.0203. The van der Waals surface area contributed by atoms with E-state index in [0.29, 0.717) is 31.2 Å². The Morgan fingerprint density at radius 3 is 2.68 bits per heavy atom. The van der Waals surface area contributed by atoms with Crippen molar-refractivity contribution in [1.82, 2.24) is 4.90 Å². The first-order chi connectivity index (χ1) is 9.06. The fraction of sp³-hybridized carbons (Fsp3) is 0.857. The minimum atomic E-state index is -0.751. The molecule has 19 heavy (non-hydrogen) atoms. The molecule has 0 aromatic heterocycles. The minimum Gasteiger partial charge on any atom is -0.481 e. The maximum absolute atomic E-state index is 12.2. The first-order valence-corrected chi connectivity index (χ1v) is 7.31. The summed E-state index contributed by atoms with van der Waals surface area (Å²) in [4.78, 5) is 24.6. The van der Waals surface area contributed by atoms with Crippen molar-refractivity contribution in [2.45, 2.75) is 51.0 Å². The third kappa shape index (κ3) is 4.49. The number of carbonyl (C=O) groups excluding carboxylic acids is 1. The highest BCUT2D eigenvalue weighted by atomic mass is 16.4. The summed E-state index contributed by atoms with van der Waals surface area (Å²) >= 11 is 0. The van der Waals surface area contributed by atoms with E-state index in [1.54, 1.807) is 0 Å². The largest absolute Gasteiger partial charge is 0.481 e. The van der Waals surface area contributed by atoms with E-state index in [4.69, 9.17) is 10.8 Å². The van der Waals surface area contributed by atoms with Gasteiger partial charge >= 0.3 is 5.97 Å². The summed E-state index contributed by atoms with van der Waals surface area (Å²) in [5.41, 5.74) is 5.99. The first-order valence-electron chi connectivity index (χ1n) is 7.31. The van der Waals surface area contributed by atoms with Crippen LogP contribution in [-0.4, -0.2) is 41.0 Å². The van der Waals surface area contributed by atoms with E-state index in [0.717, 1.165) is 32.2 Å². The van der Waals surface area contributed by atoms with Gasteiger partial charge in [-0.15, -0.1) is 0 Å². The molecular weight excluding hydrogens is 244 g/mol. The van der Waals surface area contributed by atoms with Gasteiger partial charge in [-0.3, -0.25) is 9.59 Å². The van der Waals surface area contributed by atoms with Crippen molar-refractivity contribution in [3.05, 3.63) is 0 Å². The number of hydrogen-bond donors (Lipinski definition) is 2. The number of carbonyl (C=O) groups is 2. The summed E-state index contributed by atoms with van der Waals surface area (Å²) in [6.45, 7) is 1.52. The number of piperidine rings is 1. The molecule has 2 atom stereocenters. The average Bonchev–Trinajstić information content (AvgIpc) is 3.21. The van der Waals surface area contributed by atoms with E-state index >= 15 is 0 Å². The van der Waals surface area contributed by atoms with Gasteiger partial charge in [0.2, 0.25) is 5.91 Å². The number of carboxylic acid groups (broad SMARTS) is 1. The standard InChI is InChI=1S/C14H24N2O3/c15-12(11-4-5-11)8-13(17)16-7-1-2-10(9-16)3-6-14(18)19/h10-12H,1-9,15H2,(H,18,19). The van der Waals surface area contributed by atoms with Crippen molar-refractivity contribution in [2.75, 3.05) is 13.1 Å². The topological polar surface area (TPSA) is 83.6 Å². The second-order valence-corrected chi connectivity index (χ2v) is 5.99. The summed E-state index contributed by atoms with van der Waals surface area (Å²) in [6, 6.07) is 0.0203. The fourth-order valence-corrected chi connectivity index (χ4v) is 2.88. The van der Waals surface area contributed by atoms with Crippen LogP contribution in [0, 0.1) is 11.8 Å². The van der Waals surface area contributed by atoms with Gasteiger partial charge in [0.25, 0.3) is 0 Å². The monoisotopic (exact) mass is 268 g/mol. The lowest BCUT2D eigenvalue weighted by molar-refractivity contribution is -0.137. The van der Waals surface area contributed by atoms with Crippen molar-refractivity contribution < 1.29 is 14.7 Å². The number of carboxylic acids is 1. The van der Waals surface area contributed by atoms with Gasteiger partial charge in [0.1, 0.15) is 0 Å². The van der Waals surface area contributed by atoms with Crippen LogP contribution >= 0.6 is 0 Å². The molecular formula is C14H24N2O3. The highest BCUT2D eigenvalue weighted by Crippen LogP contribution is 2.33. The molecule has 1 heterocycles. The van der Waals surface area contributed by atoms with Crippen LogP contribution in [0.1, 0.15) is 44.9 Å². The van der Waals surface area contributed by atoms with Crippen LogP contribution < -0.4 is 5.73 Å². The Labute approximate surface area is 114 Å². The molecule has 0 aromatic carbocycles. The van der Waals surface area contributed by atoms with Crippen molar-refractivity contribution in [1.29, 1.82) is 0 Å². The summed E-state index contributed by atoms with van der Waals surface area (Å²) in [5.74, 6) is 0.293. The lowest BCUT2D eigenvalue weighted by atomic mass is 9.93. The second-order valence-electron chi connectivity index (χ2n) is 5.99. The molecule has 5 nitrogen and oxygen atoms in total. The molecule has 0 radical (unpaired) electrons. The third-order valence-corrected chi connectivity index (χ3v) is 4.28. The van der Waals surface area contributed by atoms with Crippen LogP contribution in [0.25, 0.3) is 0 Å². The molecule has 0 bridgehead atoms. The van der Waals surface area contributed by atoms with Crippen LogP contribution in [0.2, 0.25) is 0 Å². The van der Waals surface area contributed by atoms with E-state index in [9.17, 15) is 9.59 Å². The molecule has 0 spiro atoms. The SMILES string of the molecule is NC(CC(=O)N1CCCC(CCC(=O)O)C1)C1CC1. The van der Waals surface area contributed by atoms with Gasteiger partial charge in [-0.25, -0.2) is 0 Å². The number of aliphatic carboxylic acids is 1. The van der Waals surface area contributed by atoms with Crippen LogP contribution in [0.3, 0.4) is 0 Å². The first kappa shape index (κ1) is 14.3. The van der Waals surface area contributed by atoms with Crippen LogP contribution in [0.15, 0.2) is 0 Å². The van der Waals surface area contributed by atoms with Crippen molar-refractivity contribution in [3.63, 3.8) is 0 Å². The van der Waals surface area contributed by atoms with Gasteiger partial charge in [-0.1, -0.05) is 0 Å². The molecule has 3 N–H and O–H groups in total. The van der Waals surface area contributed by atoms with Gasteiger partial charge in [-0.2, -0.15) is 0 Å². The summed E-state index contributed by atoms with van der Waals surface area (Å²) in [5, 5.41) is 8.71. The fourth-order valence-electron chi connectivity index (χ4n) is 2.88. The molecule has 1 saturated carbocycles. The van der Waals surface area contributed by atoms with Crippen molar-refractivity contribution in [3.8, 4) is 0 Å². The Kier molecular flexibility index (Phi) is 4.80. The molecule has 1 aliphatic heterocycles. The van der Waals surface area contributed by atoms with Gasteiger partial charge < -0.3 is 15.7 Å². The normalized spacial score (nSPS) is 25.1. The molecule has 1 amide bonds. The molecule has 1 saturated heterocycles. The lowest BCUT2D eigenvalue weighted by Crippen LogP contribution is -2.42. The van der Waals surface area contributed by atoms with E-state index < -0.39 is 5.97 Å². The highest BCUT2D eigenvalue weighted by Gasteiger charge is 2.32.